The van der Waals surface area contributed by atoms with Crippen LogP contribution >= 0.6 is 0 Å². The van der Waals surface area contributed by atoms with Gasteiger partial charge in [-0.15, -0.1) is 0 Å². The van der Waals surface area contributed by atoms with E-state index in [4.69, 9.17) is 28.4 Å². The molecule has 3 aliphatic heterocycles. The quantitative estimate of drug-likeness (QED) is 0.167. The van der Waals surface area contributed by atoms with Crippen LogP contribution in [0.15, 0.2) is 42.6 Å². The first-order valence-corrected chi connectivity index (χ1v) is 20.9. The molecule has 0 aliphatic carbocycles. The predicted molar refractivity (Wildman–Crippen MR) is 220 cm³/mol. The second-order valence-electron chi connectivity index (χ2n) is 17.2. The number of nitrogens with one attached hydrogen (secondary N) is 1. The molecule has 3 saturated heterocycles. The molecule has 0 saturated carbocycles. The topological polar surface area (TPSA) is 169 Å². The van der Waals surface area contributed by atoms with Crippen LogP contribution in [0.4, 0.5) is 4.79 Å². The number of nitrogens with zero attached hydrogens (tertiary/aromatic N) is 2. The zero-order chi connectivity index (χ0) is 43.4. The van der Waals surface area contributed by atoms with Gasteiger partial charge in [-0.05, 0) is 78.7 Å². The van der Waals surface area contributed by atoms with E-state index >= 15 is 0 Å². The van der Waals surface area contributed by atoms with Gasteiger partial charge in [-0.1, -0.05) is 65.0 Å². The van der Waals surface area contributed by atoms with Crippen molar-refractivity contribution in [1.29, 1.82) is 0 Å². The first-order chi connectivity index (χ1) is 27.8. The van der Waals surface area contributed by atoms with E-state index in [9.17, 15) is 24.0 Å². The zero-order valence-electron chi connectivity index (χ0n) is 36.4. The minimum atomic E-state index is -1.40. The lowest BCUT2D eigenvalue weighted by Crippen LogP contribution is -2.61. The van der Waals surface area contributed by atoms with E-state index in [1.807, 2.05) is 68.4 Å². The van der Waals surface area contributed by atoms with Gasteiger partial charge in [0.05, 0.1) is 42.0 Å². The van der Waals surface area contributed by atoms with E-state index in [0.717, 1.165) is 16.5 Å². The average Bonchev–Trinajstić information content (AvgIpc) is 3.52. The molecule has 0 spiro atoms. The van der Waals surface area contributed by atoms with Crippen molar-refractivity contribution in [2.45, 2.75) is 142 Å². The standard InChI is InChI=1S/C45H63N3O11/c1-12-34-45(9)39(47-43(53)59-45)27(5)36(50)25(3)23-44(8,54-20-16-17-30-22-31-18-14-15-19-32(31)46-24-30)40(28(6)37(51)29(7)41(52)56-34)58-42-38(57-35(49)13-2)33(48(10)11)21-26(4)55-42/h14-19,22,24-29,33-34,38-40,42H,12-13,20-21,23H2,1-11H3,(H,47,53)/b17-16+/t25-,26-,27-,28+,29-,33+,34+,38-,39-,40-,42+,44+,45-/m1/s1. The molecule has 0 unspecified atom stereocenters. The number of likely N-dealkylation sites (N-methyl/N-ethyl adjacent to an activating group) is 1. The van der Waals surface area contributed by atoms with Gasteiger partial charge in [-0.2, -0.15) is 0 Å². The average molecular weight is 822 g/mol. The number of hydrogen-bond acceptors (Lipinski definition) is 13. The number of cyclic esters (lactones) is 1. The highest BCUT2D eigenvalue weighted by Gasteiger charge is 2.57. The Morgan fingerprint density at radius 2 is 1.73 bits per heavy atom. The predicted octanol–water partition coefficient (Wildman–Crippen LogP) is 6.07. The molecule has 324 valence electrons. The number of aromatic nitrogens is 1. The monoisotopic (exact) mass is 821 g/mol. The molecule has 5 rings (SSSR count). The third-order valence-corrected chi connectivity index (χ3v) is 12.4. The van der Waals surface area contributed by atoms with E-state index in [1.54, 1.807) is 54.7 Å². The molecule has 0 radical (unpaired) electrons. The lowest BCUT2D eigenvalue weighted by Gasteiger charge is -2.48. The van der Waals surface area contributed by atoms with Crippen LogP contribution in [0.2, 0.25) is 0 Å². The molecule has 14 heteroatoms. The first kappa shape index (κ1) is 45.8. The number of pyridine rings is 1. The molecule has 1 aromatic carbocycles. The Hall–Kier alpha value is -4.24. The molecule has 2 aromatic rings. The van der Waals surface area contributed by atoms with Gasteiger partial charge in [0.1, 0.15) is 17.8 Å². The van der Waals surface area contributed by atoms with E-state index in [2.05, 4.69) is 10.3 Å². The Morgan fingerprint density at radius 3 is 2.41 bits per heavy atom. The molecule has 3 aliphatic rings. The summed E-state index contributed by atoms with van der Waals surface area (Å²) >= 11 is 0. The number of esters is 2. The fraction of sp³-hybridized carbons (Fsp3) is 0.644. The normalized spacial score (nSPS) is 36.2. The van der Waals surface area contributed by atoms with E-state index in [0.29, 0.717) is 6.42 Å². The highest BCUT2D eigenvalue weighted by atomic mass is 16.7. The summed E-state index contributed by atoms with van der Waals surface area (Å²) in [6, 6.07) is 8.67. The smallest absolute Gasteiger partial charge is 0.408 e. The summed E-state index contributed by atoms with van der Waals surface area (Å²) in [6.07, 6.45) is 1.28. The number of ketones is 2. The number of para-hydroxylation sites is 1. The lowest BCUT2D eigenvalue weighted by molar-refractivity contribution is -0.299. The van der Waals surface area contributed by atoms with E-state index in [-0.39, 0.29) is 43.8 Å². The molecule has 14 nitrogen and oxygen atoms in total. The van der Waals surface area contributed by atoms with Gasteiger partial charge < -0.3 is 38.6 Å². The molecule has 4 heterocycles. The molecular formula is C45H63N3O11. The maximum absolute atomic E-state index is 14.6. The minimum absolute atomic E-state index is 0.0391. The van der Waals surface area contributed by atoms with Gasteiger partial charge in [-0.3, -0.25) is 24.2 Å². The summed E-state index contributed by atoms with van der Waals surface area (Å²) in [5.41, 5.74) is -1.08. The van der Waals surface area contributed by atoms with Gasteiger partial charge in [0.15, 0.2) is 23.8 Å². The number of hydrogen-bond donors (Lipinski definition) is 1. The van der Waals surface area contributed by atoms with Crippen molar-refractivity contribution in [2.24, 2.45) is 23.7 Å². The van der Waals surface area contributed by atoms with Gasteiger partial charge in [0.25, 0.3) is 0 Å². The van der Waals surface area contributed by atoms with Gasteiger partial charge in [0, 0.05) is 35.8 Å². The second kappa shape index (κ2) is 19.0. The molecule has 0 bridgehead atoms. The number of Topliss-reactive ketones (excluding diaryl/α,β-unsaturated/α-hetero) is 2. The Labute approximate surface area is 348 Å². The molecule has 1 N–H and O–H groups in total. The molecule has 13 atom stereocenters. The maximum Gasteiger partial charge on any atom is 0.408 e. The van der Waals surface area contributed by atoms with Crippen LogP contribution in [-0.4, -0.2) is 114 Å². The lowest BCUT2D eigenvalue weighted by atomic mass is 9.73. The minimum Gasteiger partial charge on any atom is -0.458 e. The van der Waals surface area contributed by atoms with E-state index < -0.39 is 89.3 Å². The van der Waals surface area contributed by atoms with Crippen LogP contribution in [0.1, 0.15) is 93.6 Å². The summed E-state index contributed by atoms with van der Waals surface area (Å²) < 4.78 is 38.0. The number of carbonyl (C=O) groups is 5. The number of fused-ring (bicyclic) bond motifs is 2. The highest BCUT2D eigenvalue weighted by molar-refractivity contribution is 6.00. The summed E-state index contributed by atoms with van der Waals surface area (Å²) in [4.78, 5) is 75.3. The van der Waals surface area contributed by atoms with Crippen molar-refractivity contribution in [3.63, 3.8) is 0 Å². The van der Waals surface area contributed by atoms with Crippen LogP contribution in [0.25, 0.3) is 17.0 Å². The van der Waals surface area contributed by atoms with Crippen LogP contribution < -0.4 is 5.32 Å². The number of amides is 1. The summed E-state index contributed by atoms with van der Waals surface area (Å²) in [5.74, 6) is -5.72. The molecule has 1 aromatic heterocycles. The summed E-state index contributed by atoms with van der Waals surface area (Å²) in [6.45, 7) is 15.5. The van der Waals surface area contributed by atoms with Crippen LogP contribution in [0, 0.1) is 23.7 Å². The van der Waals surface area contributed by atoms with Crippen LogP contribution in [0.3, 0.4) is 0 Å². The van der Waals surface area contributed by atoms with Crippen molar-refractivity contribution in [3.8, 4) is 0 Å². The third kappa shape index (κ3) is 10.0. The number of carbonyl (C=O) groups excluding carboxylic acids is 5. The van der Waals surface area contributed by atoms with Crippen molar-refractivity contribution >= 4 is 46.6 Å². The Balaban J connectivity index is 1.60. The van der Waals surface area contributed by atoms with Crippen LogP contribution in [-0.2, 0) is 47.6 Å². The fourth-order valence-corrected chi connectivity index (χ4v) is 9.07. The van der Waals surface area contributed by atoms with E-state index in [1.165, 1.54) is 6.92 Å². The number of rotatable bonds is 10. The largest absolute Gasteiger partial charge is 0.458 e. The summed E-state index contributed by atoms with van der Waals surface area (Å²) in [5, 5.41) is 3.78. The van der Waals surface area contributed by atoms with Gasteiger partial charge >= 0.3 is 18.0 Å². The Morgan fingerprint density at radius 1 is 1.02 bits per heavy atom. The summed E-state index contributed by atoms with van der Waals surface area (Å²) in [7, 11) is 3.78. The SMILES string of the molecule is CCC(=O)O[C@H]1[C@H](O[C@@H]2[C@@H](C)C(=O)[C@@H](C)C(=O)O[C@@H](CC)[C@@]3(C)OC(=O)N[C@@H]3[C@H](C)C(=O)[C@H](C)C[C@]2(C)OC/C=C/c2cnc3ccccc3c2)O[C@H](C)C[C@@H]1N(C)C. The number of ether oxygens (including phenoxy) is 6. The van der Waals surface area contributed by atoms with Crippen molar-refractivity contribution < 1.29 is 52.4 Å². The first-order valence-electron chi connectivity index (χ1n) is 20.9. The Bertz CT molecular complexity index is 1890. The molecular weight excluding hydrogens is 759 g/mol. The molecule has 59 heavy (non-hydrogen) atoms. The second-order valence-corrected chi connectivity index (χ2v) is 17.2. The zero-order valence-corrected chi connectivity index (χ0v) is 36.4. The Kier molecular flexibility index (Phi) is 14.8. The van der Waals surface area contributed by atoms with Crippen LogP contribution in [0.5, 0.6) is 0 Å². The molecule has 3 fully saturated rings. The van der Waals surface area contributed by atoms with Crippen molar-refractivity contribution in [1.82, 2.24) is 15.2 Å². The van der Waals surface area contributed by atoms with Gasteiger partial charge in [0.2, 0.25) is 0 Å². The molecule has 1 amide bonds. The highest BCUT2D eigenvalue weighted by Crippen LogP contribution is 2.41. The van der Waals surface area contributed by atoms with Crippen molar-refractivity contribution in [2.75, 3.05) is 20.7 Å². The number of alkyl carbamates (subject to hydrolysis) is 1. The van der Waals surface area contributed by atoms with Gasteiger partial charge in [-0.25, -0.2) is 4.79 Å². The maximum atomic E-state index is 14.6. The fourth-order valence-electron chi connectivity index (χ4n) is 9.07. The third-order valence-electron chi connectivity index (χ3n) is 12.4. The number of benzene rings is 1. The van der Waals surface area contributed by atoms with Crippen molar-refractivity contribution in [3.05, 3.63) is 48.2 Å².